The Hall–Kier alpha value is -2.77. The molecule has 1 fully saturated rings. The molecule has 2 N–H and O–H groups in total. The molecule has 152 valence electrons. The first kappa shape index (κ1) is 21.0. The second-order valence-corrected chi connectivity index (χ2v) is 7.43. The lowest BCUT2D eigenvalue weighted by Crippen LogP contribution is -2.28. The van der Waals surface area contributed by atoms with Crippen LogP contribution < -0.4 is 20.3 Å². The van der Waals surface area contributed by atoms with E-state index in [1.165, 1.54) is 18.9 Å². The maximum absolute atomic E-state index is 12.8. The number of amides is 3. The molecule has 0 spiro atoms. The number of carbonyl (C=O) groups is 3. The summed E-state index contributed by atoms with van der Waals surface area (Å²) in [5.74, 6) is -0.869. The first-order valence-electron chi connectivity index (χ1n) is 8.80. The van der Waals surface area contributed by atoms with E-state index < -0.39 is 5.92 Å². The van der Waals surface area contributed by atoms with Crippen molar-refractivity contribution in [2.45, 2.75) is 13.3 Å². The zero-order chi connectivity index (χ0) is 21.1. The Labute approximate surface area is 177 Å². The highest BCUT2D eigenvalue weighted by Gasteiger charge is 2.36. The maximum Gasteiger partial charge on any atom is 0.229 e. The maximum atomic E-state index is 12.8. The van der Waals surface area contributed by atoms with Gasteiger partial charge in [0.2, 0.25) is 17.7 Å². The predicted octanol–water partition coefficient (Wildman–Crippen LogP) is 3.95. The Morgan fingerprint density at radius 3 is 2.59 bits per heavy atom. The lowest BCUT2D eigenvalue weighted by Gasteiger charge is -2.20. The number of nitrogens with zero attached hydrogens (tertiary/aromatic N) is 1. The minimum Gasteiger partial charge on any atom is -0.495 e. The molecule has 2 aromatic carbocycles. The van der Waals surface area contributed by atoms with E-state index in [-0.39, 0.29) is 30.7 Å². The van der Waals surface area contributed by atoms with Crippen LogP contribution in [0, 0.1) is 5.92 Å². The van der Waals surface area contributed by atoms with Crippen LogP contribution in [0.15, 0.2) is 36.4 Å². The number of benzene rings is 2. The van der Waals surface area contributed by atoms with Crippen molar-refractivity contribution >= 4 is 58.0 Å². The van der Waals surface area contributed by atoms with Crippen LogP contribution in [0.4, 0.5) is 17.1 Å². The molecule has 1 aliphatic rings. The molecule has 7 nitrogen and oxygen atoms in total. The first-order valence-corrected chi connectivity index (χ1v) is 9.56. The van der Waals surface area contributed by atoms with Crippen LogP contribution in [0.3, 0.4) is 0 Å². The van der Waals surface area contributed by atoms with Gasteiger partial charge in [0.1, 0.15) is 5.75 Å². The lowest BCUT2D eigenvalue weighted by atomic mass is 10.1. The third kappa shape index (κ3) is 4.81. The molecule has 2 aromatic rings. The zero-order valence-electron chi connectivity index (χ0n) is 15.8. The van der Waals surface area contributed by atoms with Gasteiger partial charge >= 0.3 is 0 Å². The molecule has 0 aromatic heterocycles. The zero-order valence-corrected chi connectivity index (χ0v) is 17.3. The fourth-order valence-electron chi connectivity index (χ4n) is 3.13. The summed E-state index contributed by atoms with van der Waals surface area (Å²) in [5, 5.41) is 6.16. The Balaban J connectivity index is 1.76. The standard InChI is InChI=1S/C20H19Cl2N3O4/c1-11(26)23-14-4-5-15(22)16(9-14)24-20(28)12-7-19(27)25(10-12)17-8-13(21)3-6-18(17)29-2/h3-6,8-9,12H,7,10H2,1-2H3,(H,23,26)(H,24,28). The van der Waals surface area contributed by atoms with E-state index in [0.29, 0.717) is 32.9 Å². The number of rotatable bonds is 5. The number of carbonyl (C=O) groups excluding carboxylic acids is 3. The van der Waals surface area contributed by atoms with Crippen LogP contribution in [0.25, 0.3) is 0 Å². The third-order valence-corrected chi connectivity index (χ3v) is 5.04. The van der Waals surface area contributed by atoms with E-state index >= 15 is 0 Å². The highest BCUT2D eigenvalue weighted by atomic mass is 35.5. The molecule has 0 bridgehead atoms. The fourth-order valence-corrected chi connectivity index (χ4v) is 3.46. The average Bonchev–Trinajstić information content (AvgIpc) is 3.05. The fraction of sp³-hybridized carbons (Fsp3) is 0.250. The van der Waals surface area contributed by atoms with Crippen molar-refractivity contribution in [2.75, 3.05) is 29.2 Å². The van der Waals surface area contributed by atoms with Gasteiger partial charge in [-0.15, -0.1) is 0 Å². The summed E-state index contributed by atoms with van der Waals surface area (Å²) in [7, 11) is 1.50. The van der Waals surface area contributed by atoms with Gasteiger partial charge < -0.3 is 20.3 Å². The van der Waals surface area contributed by atoms with E-state index in [9.17, 15) is 14.4 Å². The normalized spacial score (nSPS) is 15.9. The second kappa shape index (κ2) is 8.71. The summed E-state index contributed by atoms with van der Waals surface area (Å²) in [6.45, 7) is 1.57. The number of ether oxygens (including phenoxy) is 1. The summed E-state index contributed by atoms with van der Waals surface area (Å²) in [6.07, 6.45) is 0.0461. The SMILES string of the molecule is COc1ccc(Cl)cc1N1CC(C(=O)Nc2cc(NC(C)=O)ccc2Cl)CC1=O. The lowest BCUT2D eigenvalue weighted by molar-refractivity contribution is -0.122. The molecule has 0 saturated carbocycles. The van der Waals surface area contributed by atoms with Crippen LogP contribution in [-0.2, 0) is 14.4 Å². The van der Waals surface area contributed by atoms with Crippen LogP contribution in [0.1, 0.15) is 13.3 Å². The van der Waals surface area contributed by atoms with Gasteiger partial charge in [-0.2, -0.15) is 0 Å². The molecule has 1 atom stereocenters. The largest absolute Gasteiger partial charge is 0.495 e. The van der Waals surface area contributed by atoms with Crippen molar-refractivity contribution in [2.24, 2.45) is 5.92 Å². The van der Waals surface area contributed by atoms with E-state index in [4.69, 9.17) is 27.9 Å². The van der Waals surface area contributed by atoms with E-state index in [1.54, 1.807) is 36.4 Å². The van der Waals surface area contributed by atoms with Crippen molar-refractivity contribution in [1.29, 1.82) is 0 Å². The summed E-state index contributed by atoms with van der Waals surface area (Å²) in [4.78, 5) is 38.0. The van der Waals surface area contributed by atoms with Crippen molar-refractivity contribution < 1.29 is 19.1 Å². The molecule has 1 unspecified atom stereocenters. The summed E-state index contributed by atoms with van der Waals surface area (Å²) < 4.78 is 5.31. The van der Waals surface area contributed by atoms with Crippen molar-refractivity contribution in [3.8, 4) is 5.75 Å². The quantitative estimate of drug-likeness (QED) is 0.743. The summed E-state index contributed by atoms with van der Waals surface area (Å²) in [5.41, 5.74) is 1.38. The van der Waals surface area contributed by atoms with Crippen LogP contribution in [-0.4, -0.2) is 31.4 Å². The van der Waals surface area contributed by atoms with Gasteiger partial charge in [-0.25, -0.2) is 0 Å². The molecule has 3 rings (SSSR count). The Morgan fingerprint density at radius 1 is 1.14 bits per heavy atom. The molecular formula is C20H19Cl2N3O4. The van der Waals surface area contributed by atoms with Crippen LogP contribution in [0.5, 0.6) is 5.75 Å². The van der Waals surface area contributed by atoms with Crippen molar-refractivity contribution in [3.63, 3.8) is 0 Å². The Bertz CT molecular complexity index is 980. The molecule has 29 heavy (non-hydrogen) atoms. The number of anilines is 3. The molecule has 9 heteroatoms. The number of halogens is 2. The van der Waals surface area contributed by atoms with E-state index in [0.717, 1.165) is 0 Å². The second-order valence-electron chi connectivity index (χ2n) is 6.59. The van der Waals surface area contributed by atoms with Crippen molar-refractivity contribution in [1.82, 2.24) is 0 Å². The van der Waals surface area contributed by atoms with E-state index in [2.05, 4.69) is 10.6 Å². The minimum atomic E-state index is -0.577. The molecule has 0 aliphatic carbocycles. The van der Waals surface area contributed by atoms with Gasteiger partial charge in [-0.1, -0.05) is 23.2 Å². The number of hydrogen-bond donors (Lipinski definition) is 2. The number of hydrogen-bond acceptors (Lipinski definition) is 4. The van der Waals surface area contributed by atoms with Crippen LogP contribution in [0.2, 0.25) is 10.0 Å². The number of nitrogens with one attached hydrogen (secondary N) is 2. The number of methoxy groups -OCH3 is 1. The predicted molar refractivity (Wildman–Crippen MR) is 113 cm³/mol. The summed E-state index contributed by atoms with van der Waals surface area (Å²) >= 11 is 12.2. The minimum absolute atomic E-state index is 0.0461. The summed E-state index contributed by atoms with van der Waals surface area (Å²) in [6, 6.07) is 9.74. The van der Waals surface area contributed by atoms with Gasteiger partial charge in [0, 0.05) is 30.6 Å². The van der Waals surface area contributed by atoms with Gasteiger partial charge in [-0.05, 0) is 36.4 Å². The highest BCUT2D eigenvalue weighted by molar-refractivity contribution is 6.34. The van der Waals surface area contributed by atoms with E-state index in [1.807, 2.05) is 0 Å². The first-order chi connectivity index (χ1) is 13.8. The van der Waals surface area contributed by atoms with Gasteiger partial charge in [0.25, 0.3) is 0 Å². The molecule has 0 radical (unpaired) electrons. The smallest absolute Gasteiger partial charge is 0.229 e. The molecule has 1 aliphatic heterocycles. The Morgan fingerprint density at radius 2 is 1.90 bits per heavy atom. The molecular weight excluding hydrogens is 417 g/mol. The molecule has 1 heterocycles. The van der Waals surface area contributed by atoms with Gasteiger partial charge in [-0.3, -0.25) is 14.4 Å². The van der Waals surface area contributed by atoms with Crippen molar-refractivity contribution in [3.05, 3.63) is 46.4 Å². The Kier molecular flexibility index (Phi) is 6.30. The van der Waals surface area contributed by atoms with Gasteiger partial charge in [0.15, 0.2) is 0 Å². The monoisotopic (exact) mass is 435 g/mol. The topological polar surface area (TPSA) is 87.7 Å². The highest BCUT2D eigenvalue weighted by Crippen LogP contribution is 2.36. The average molecular weight is 436 g/mol. The van der Waals surface area contributed by atoms with Crippen LogP contribution >= 0.6 is 23.2 Å². The molecule has 1 saturated heterocycles. The third-order valence-electron chi connectivity index (χ3n) is 4.47. The molecule has 3 amide bonds. The van der Waals surface area contributed by atoms with Gasteiger partial charge in [0.05, 0.1) is 29.4 Å².